The van der Waals surface area contributed by atoms with Crippen LogP contribution in [0.15, 0.2) is 18.5 Å². The summed E-state index contributed by atoms with van der Waals surface area (Å²) in [5.41, 5.74) is 3.80. The van der Waals surface area contributed by atoms with Gasteiger partial charge in [-0.3, -0.25) is 0 Å². The maximum absolute atomic E-state index is 4.81. The second-order valence-corrected chi connectivity index (χ2v) is 4.53. The number of fused-ring (bicyclic) bond motifs is 1. The predicted molar refractivity (Wildman–Crippen MR) is 68.0 cm³/mol. The molecule has 4 heteroatoms. The van der Waals surface area contributed by atoms with Gasteiger partial charge in [-0.15, -0.1) is 0 Å². The molecule has 0 aromatic carbocycles. The molecule has 4 nitrogen and oxygen atoms in total. The van der Waals surface area contributed by atoms with E-state index < -0.39 is 0 Å². The normalized spacial score (nSPS) is 14.2. The smallest absolute Gasteiger partial charge is 0.110 e. The van der Waals surface area contributed by atoms with Crippen molar-refractivity contribution >= 4 is 0 Å². The Kier molecular flexibility index (Phi) is 2.73. The number of nitrogens with zero attached hydrogens (tertiary/aromatic N) is 2. The lowest BCUT2D eigenvalue weighted by Gasteiger charge is -2.02. The Morgan fingerprint density at radius 2 is 2.47 bits per heavy atom. The maximum Gasteiger partial charge on any atom is 0.110 e. The van der Waals surface area contributed by atoms with Crippen LogP contribution >= 0.6 is 0 Å². The lowest BCUT2D eigenvalue weighted by atomic mass is 10.1. The Morgan fingerprint density at radius 1 is 1.53 bits per heavy atom. The number of H-pyrrole nitrogens is 1. The van der Waals surface area contributed by atoms with Gasteiger partial charge in [-0.2, -0.15) is 0 Å². The van der Waals surface area contributed by atoms with Crippen LogP contribution in [0.5, 0.6) is 0 Å². The number of rotatable bonds is 4. The van der Waals surface area contributed by atoms with Gasteiger partial charge < -0.3 is 14.9 Å². The van der Waals surface area contributed by atoms with Gasteiger partial charge in [0, 0.05) is 43.2 Å². The molecule has 2 aromatic rings. The van der Waals surface area contributed by atoms with Gasteiger partial charge in [0.05, 0.1) is 5.69 Å². The van der Waals surface area contributed by atoms with Crippen LogP contribution in [0, 0.1) is 0 Å². The number of aromatic amines is 1. The molecule has 2 N–H and O–H groups in total. The fraction of sp³-hybridized carbons (Fsp3) is 0.462. The van der Waals surface area contributed by atoms with Crippen LogP contribution in [0.25, 0.3) is 11.3 Å². The molecule has 3 heterocycles. The topological polar surface area (TPSA) is 45.6 Å². The molecule has 0 unspecified atom stereocenters. The number of hydrogen-bond donors (Lipinski definition) is 2. The maximum atomic E-state index is 4.81. The number of nitrogens with one attached hydrogen (secondary N) is 2. The van der Waals surface area contributed by atoms with E-state index in [-0.39, 0.29) is 0 Å². The van der Waals surface area contributed by atoms with E-state index in [1.165, 1.54) is 29.2 Å². The molecule has 0 spiro atoms. The van der Waals surface area contributed by atoms with E-state index in [1.807, 2.05) is 19.4 Å². The third kappa shape index (κ3) is 1.78. The number of imidazole rings is 1. The van der Waals surface area contributed by atoms with E-state index >= 15 is 0 Å². The molecule has 1 aliphatic rings. The van der Waals surface area contributed by atoms with Crippen molar-refractivity contribution in [1.82, 2.24) is 19.9 Å². The molecule has 3 rings (SSSR count). The highest BCUT2D eigenvalue weighted by Crippen LogP contribution is 2.29. The third-order valence-electron chi connectivity index (χ3n) is 3.42. The number of likely N-dealkylation sites (N-methyl/N-ethyl adjacent to an activating group) is 1. The molecule has 2 aromatic heterocycles. The van der Waals surface area contributed by atoms with Gasteiger partial charge in [0.2, 0.25) is 0 Å². The Labute approximate surface area is 101 Å². The van der Waals surface area contributed by atoms with Gasteiger partial charge >= 0.3 is 0 Å². The molecular formula is C13H18N4. The first-order chi connectivity index (χ1) is 8.40. The monoisotopic (exact) mass is 230 g/mol. The molecule has 90 valence electrons. The molecule has 0 aliphatic carbocycles. The quantitative estimate of drug-likeness (QED) is 0.837. The summed E-state index contributed by atoms with van der Waals surface area (Å²) >= 11 is 0. The zero-order chi connectivity index (χ0) is 11.7. The average Bonchev–Trinajstić information content (AvgIpc) is 3.03. The minimum absolute atomic E-state index is 0.989. The molecule has 0 saturated heterocycles. The van der Waals surface area contributed by atoms with Crippen molar-refractivity contribution < 1.29 is 0 Å². The minimum Gasteiger partial charge on any atom is -0.367 e. The SMILES string of the molecule is CNCCc1nc(-c2cc[nH]c2)c2n1CCC2. The lowest BCUT2D eigenvalue weighted by molar-refractivity contribution is 0.663. The van der Waals surface area contributed by atoms with Crippen LogP contribution in [-0.4, -0.2) is 28.1 Å². The van der Waals surface area contributed by atoms with E-state index in [0.29, 0.717) is 0 Å². The second kappa shape index (κ2) is 4.37. The van der Waals surface area contributed by atoms with Gasteiger partial charge in [-0.05, 0) is 26.0 Å². The van der Waals surface area contributed by atoms with E-state index in [4.69, 9.17) is 4.98 Å². The molecular weight excluding hydrogens is 212 g/mol. The van der Waals surface area contributed by atoms with Crippen LogP contribution < -0.4 is 5.32 Å². The summed E-state index contributed by atoms with van der Waals surface area (Å²) in [6.07, 6.45) is 7.41. The first-order valence-electron chi connectivity index (χ1n) is 6.26. The van der Waals surface area contributed by atoms with Crippen molar-refractivity contribution in [3.63, 3.8) is 0 Å². The molecule has 0 saturated carbocycles. The van der Waals surface area contributed by atoms with Crippen LogP contribution in [0.3, 0.4) is 0 Å². The molecule has 0 bridgehead atoms. The van der Waals surface area contributed by atoms with Gasteiger partial charge in [0.15, 0.2) is 0 Å². The lowest BCUT2D eigenvalue weighted by Crippen LogP contribution is -2.13. The highest BCUT2D eigenvalue weighted by atomic mass is 15.1. The molecule has 0 atom stereocenters. The van der Waals surface area contributed by atoms with Crippen molar-refractivity contribution in [3.8, 4) is 11.3 Å². The Hall–Kier alpha value is -1.55. The molecule has 0 radical (unpaired) electrons. The second-order valence-electron chi connectivity index (χ2n) is 4.53. The van der Waals surface area contributed by atoms with E-state index in [0.717, 1.165) is 25.9 Å². The van der Waals surface area contributed by atoms with Crippen LogP contribution in [0.2, 0.25) is 0 Å². The zero-order valence-corrected chi connectivity index (χ0v) is 10.2. The fourth-order valence-electron chi connectivity index (χ4n) is 2.59. The van der Waals surface area contributed by atoms with E-state index in [9.17, 15) is 0 Å². The van der Waals surface area contributed by atoms with Crippen LogP contribution in [0.1, 0.15) is 17.9 Å². The molecule has 0 amide bonds. The summed E-state index contributed by atoms with van der Waals surface area (Å²) in [5, 5.41) is 3.19. The van der Waals surface area contributed by atoms with Crippen molar-refractivity contribution in [3.05, 3.63) is 30.0 Å². The Morgan fingerprint density at radius 3 is 3.24 bits per heavy atom. The molecule has 17 heavy (non-hydrogen) atoms. The van der Waals surface area contributed by atoms with Gasteiger partial charge in [-0.25, -0.2) is 4.98 Å². The highest BCUT2D eigenvalue weighted by molar-refractivity contribution is 5.62. The number of aromatic nitrogens is 3. The van der Waals surface area contributed by atoms with Crippen molar-refractivity contribution in [1.29, 1.82) is 0 Å². The summed E-state index contributed by atoms with van der Waals surface area (Å²) in [5.74, 6) is 1.23. The van der Waals surface area contributed by atoms with Crippen molar-refractivity contribution in [2.24, 2.45) is 0 Å². The summed E-state index contributed by atoms with van der Waals surface area (Å²) in [7, 11) is 1.99. The first-order valence-corrected chi connectivity index (χ1v) is 6.26. The van der Waals surface area contributed by atoms with Gasteiger partial charge in [0.25, 0.3) is 0 Å². The van der Waals surface area contributed by atoms with Crippen molar-refractivity contribution in [2.45, 2.75) is 25.8 Å². The zero-order valence-electron chi connectivity index (χ0n) is 10.2. The van der Waals surface area contributed by atoms with Crippen LogP contribution in [0.4, 0.5) is 0 Å². The van der Waals surface area contributed by atoms with E-state index in [2.05, 4.69) is 20.9 Å². The van der Waals surface area contributed by atoms with Gasteiger partial charge in [0.1, 0.15) is 5.82 Å². The average molecular weight is 230 g/mol. The summed E-state index contributed by atoms with van der Waals surface area (Å²) in [6.45, 7) is 2.12. The standard InChI is InChI=1S/C13H18N4/c1-14-6-5-12-16-13(10-4-7-15-9-10)11-3-2-8-17(11)12/h4,7,9,14-15H,2-3,5-6,8H2,1H3. The summed E-state index contributed by atoms with van der Waals surface area (Å²) < 4.78 is 2.40. The minimum atomic E-state index is 0.989. The fourth-order valence-corrected chi connectivity index (χ4v) is 2.59. The van der Waals surface area contributed by atoms with Gasteiger partial charge in [-0.1, -0.05) is 0 Å². The Balaban J connectivity index is 2.00. The highest BCUT2D eigenvalue weighted by Gasteiger charge is 2.21. The van der Waals surface area contributed by atoms with Crippen molar-refractivity contribution in [2.75, 3.05) is 13.6 Å². The first kappa shape index (κ1) is 10.6. The summed E-state index contributed by atoms with van der Waals surface area (Å²) in [6, 6.07) is 2.10. The molecule has 1 aliphatic heterocycles. The largest absolute Gasteiger partial charge is 0.367 e. The predicted octanol–water partition coefficient (Wildman–Crippen LogP) is 1.59. The molecule has 0 fully saturated rings. The third-order valence-corrected chi connectivity index (χ3v) is 3.42. The Bertz CT molecular complexity index is 496. The van der Waals surface area contributed by atoms with Crippen LogP contribution in [-0.2, 0) is 19.4 Å². The van der Waals surface area contributed by atoms with E-state index in [1.54, 1.807) is 0 Å². The summed E-state index contributed by atoms with van der Waals surface area (Å²) in [4.78, 5) is 7.92. The number of hydrogen-bond acceptors (Lipinski definition) is 2.